The van der Waals surface area contributed by atoms with Crippen molar-refractivity contribution in [1.82, 2.24) is 5.32 Å². The highest BCUT2D eigenvalue weighted by atomic mass is 79.9. The van der Waals surface area contributed by atoms with Crippen molar-refractivity contribution < 1.29 is 9.53 Å². The molecule has 2 N–H and O–H groups in total. The number of carbonyl (C=O) groups excluding carboxylic acids is 1. The summed E-state index contributed by atoms with van der Waals surface area (Å²) in [6, 6.07) is 12.9. The molecule has 1 aliphatic heterocycles. The highest BCUT2D eigenvalue weighted by Gasteiger charge is 2.16. The maximum absolute atomic E-state index is 12.4. The van der Waals surface area contributed by atoms with E-state index in [4.69, 9.17) is 28.6 Å². The van der Waals surface area contributed by atoms with Gasteiger partial charge in [0.05, 0.1) is 35.2 Å². The Morgan fingerprint density at radius 1 is 1.19 bits per heavy atom. The Hall–Kier alpha value is -1.67. The molecule has 2 aromatic carbocycles. The molecule has 8 heteroatoms. The average molecular weight is 455 g/mol. The highest BCUT2D eigenvalue weighted by Crippen LogP contribution is 2.26. The van der Waals surface area contributed by atoms with E-state index in [-0.39, 0.29) is 11.0 Å². The summed E-state index contributed by atoms with van der Waals surface area (Å²) in [6.07, 6.45) is 0. The van der Waals surface area contributed by atoms with Gasteiger partial charge in [-0.2, -0.15) is 0 Å². The summed E-state index contributed by atoms with van der Waals surface area (Å²) in [5.41, 5.74) is 2.21. The number of hydrogen-bond donors (Lipinski definition) is 2. The molecule has 3 rings (SSSR count). The van der Waals surface area contributed by atoms with Crippen LogP contribution in [-0.4, -0.2) is 37.3 Å². The van der Waals surface area contributed by atoms with Gasteiger partial charge in [-0.05, 0) is 42.5 Å². The second-order valence-corrected chi connectivity index (χ2v) is 7.38. The van der Waals surface area contributed by atoms with Gasteiger partial charge in [0.2, 0.25) is 0 Å². The fraction of sp³-hybridized carbons (Fsp3) is 0.222. The topological polar surface area (TPSA) is 53.6 Å². The Kier molecular flexibility index (Phi) is 6.48. The van der Waals surface area contributed by atoms with Gasteiger partial charge in [-0.25, -0.2) is 0 Å². The van der Waals surface area contributed by atoms with Crippen molar-refractivity contribution in [3.63, 3.8) is 0 Å². The molecule has 0 unspecified atom stereocenters. The molecule has 1 amide bonds. The van der Waals surface area contributed by atoms with Gasteiger partial charge in [0.1, 0.15) is 0 Å². The molecule has 0 atom stereocenters. The number of rotatable bonds is 3. The lowest BCUT2D eigenvalue weighted by atomic mass is 10.2. The second-order valence-electron chi connectivity index (χ2n) is 5.65. The number of amides is 1. The molecule has 0 spiro atoms. The SMILES string of the molecule is O=C(NC(=S)Nc1ccccc1N1CCOCC1)c1cc(Br)ccc1Cl. The number of nitrogens with one attached hydrogen (secondary N) is 2. The van der Waals surface area contributed by atoms with Crippen LogP contribution in [0.15, 0.2) is 46.9 Å². The third-order valence-electron chi connectivity index (χ3n) is 3.90. The Bertz CT molecular complexity index is 828. The first kappa shape index (κ1) is 19.1. The van der Waals surface area contributed by atoms with E-state index in [0.717, 1.165) is 28.9 Å². The monoisotopic (exact) mass is 453 g/mol. The molecule has 1 aliphatic rings. The van der Waals surface area contributed by atoms with Crippen molar-refractivity contribution in [3.05, 3.63) is 57.5 Å². The van der Waals surface area contributed by atoms with Crippen LogP contribution in [0, 0.1) is 0 Å². The number of hydrogen-bond acceptors (Lipinski definition) is 4. The number of ether oxygens (including phenoxy) is 1. The first-order valence-electron chi connectivity index (χ1n) is 8.04. The van der Waals surface area contributed by atoms with Gasteiger partial charge < -0.3 is 15.0 Å². The normalized spacial score (nSPS) is 14.0. The summed E-state index contributed by atoms with van der Waals surface area (Å²) < 4.78 is 6.17. The predicted octanol–water partition coefficient (Wildman–Crippen LogP) is 4.07. The van der Waals surface area contributed by atoms with Crippen molar-refractivity contribution in [2.75, 3.05) is 36.5 Å². The lowest BCUT2D eigenvalue weighted by Crippen LogP contribution is -2.38. The zero-order valence-corrected chi connectivity index (χ0v) is 17.0. The van der Waals surface area contributed by atoms with Crippen molar-refractivity contribution in [1.29, 1.82) is 0 Å². The number of nitrogens with zero attached hydrogens (tertiary/aromatic N) is 1. The van der Waals surface area contributed by atoms with Crippen LogP contribution >= 0.6 is 39.7 Å². The van der Waals surface area contributed by atoms with E-state index in [0.29, 0.717) is 23.8 Å². The van der Waals surface area contributed by atoms with E-state index in [1.54, 1.807) is 18.2 Å². The number of para-hydroxylation sites is 2. The van der Waals surface area contributed by atoms with E-state index in [2.05, 4.69) is 31.5 Å². The minimum Gasteiger partial charge on any atom is -0.378 e. The highest BCUT2D eigenvalue weighted by molar-refractivity contribution is 9.10. The van der Waals surface area contributed by atoms with E-state index < -0.39 is 0 Å². The lowest BCUT2D eigenvalue weighted by molar-refractivity contribution is 0.0978. The fourth-order valence-electron chi connectivity index (χ4n) is 2.65. The van der Waals surface area contributed by atoms with E-state index >= 15 is 0 Å². The maximum Gasteiger partial charge on any atom is 0.258 e. The summed E-state index contributed by atoms with van der Waals surface area (Å²) >= 11 is 14.7. The second kappa shape index (κ2) is 8.81. The van der Waals surface area contributed by atoms with Gasteiger partial charge >= 0.3 is 0 Å². The molecule has 0 aliphatic carbocycles. The Morgan fingerprint density at radius 2 is 1.92 bits per heavy atom. The Balaban J connectivity index is 1.70. The maximum atomic E-state index is 12.4. The van der Waals surface area contributed by atoms with Crippen LogP contribution in [0.4, 0.5) is 11.4 Å². The van der Waals surface area contributed by atoms with E-state index in [9.17, 15) is 4.79 Å². The predicted molar refractivity (Wildman–Crippen MR) is 112 cm³/mol. The molecule has 1 heterocycles. The molecule has 26 heavy (non-hydrogen) atoms. The number of halogens is 2. The van der Waals surface area contributed by atoms with Gasteiger partial charge in [0.25, 0.3) is 5.91 Å². The summed E-state index contributed by atoms with van der Waals surface area (Å²) in [5.74, 6) is -0.363. The van der Waals surface area contributed by atoms with Gasteiger partial charge in [-0.1, -0.05) is 39.7 Å². The third-order valence-corrected chi connectivity index (χ3v) is 4.93. The smallest absolute Gasteiger partial charge is 0.258 e. The van der Waals surface area contributed by atoms with Crippen LogP contribution in [0.3, 0.4) is 0 Å². The number of carbonyl (C=O) groups is 1. The Morgan fingerprint density at radius 3 is 2.69 bits per heavy atom. The van der Waals surface area contributed by atoms with Crippen LogP contribution < -0.4 is 15.5 Å². The van der Waals surface area contributed by atoms with Crippen molar-refractivity contribution >= 4 is 62.1 Å². The largest absolute Gasteiger partial charge is 0.378 e. The van der Waals surface area contributed by atoms with Gasteiger partial charge in [-0.15, -0.1) is 0 Å². The molecule has 0 aromatic heterocycles. The summed E-state index contributed by atoms with van der Waals surface area (Å²) in [5, 5.41) is 6.36. The zero-order chi connectivity index (χ0) is 18.5. The minimum atomic E-state index is -0.363. The third kappa shape index (κ3) is 4.73. The summed E-state index contributed by atoms with van der Waals surface area (Å²) in [4.78, 5) is 14.7. The quantitative estimate of drug-likeness (QED) is 0.685. The molecule has 0 bridgehead atoms. The van der Waals surface area contributed by atoms with Crippen molar-refractivity contribution in [2.45, 2.75) is 0 Å². The average Bonchev–Trinajstić information content (AvgIpc) is 2.64. The van der Waals surface area contributed by atoms with Crippen LogP contribution in [0.25, 0.3) is 0 Å². The number of morpholine rings is 1. The van der Waals surface area contributed by atoms with Gasteiger partial charge in [-0.3, -0.25) is 10.1 Å². The van der Waals surface area contributed by atoms with E-state index in [1.165, 1.54) is 0 Å². The molecular formula is C18H17BrClN3O2S. The summed E-state index contributed by atoms with van der Waals surface area (Å²) in [7, 11) is 0. The van der Waals surface area contributed by atoms with E-state index in [1.807, 2.05) is 24.3 Å². The van der Waals surface area contributed by atoms with Gasteiger partial charge in [0.15, 0.2) is 5.11 Å². The van der Waals surface area contributed by atoms with Crippen LogP contribution in [0.2, 0.25) is 5.02 Å². The molecule has 1 fully saturated rings. The lowest BCUT2D eigenvalue weighted by Gasteiger charge is -2.30. The minimum absolute atomic E-state index is 0.215. The van der Waals surface area contributed by atoms with Crippen LogP contribution in [-0.2, 0) is 4.74 Å². The van der Waals surface area contributed by atoms with Crippen molar-refractivity contribution in [3.8, 4) is 0 Å². The molecule has 136 valence electrons. The molecule has 1 saturated heterocycles. The van der Waals surface area contributed by atoms with Gasteiger partial charge in [0, 0.05) is 17.6 Å². The number of thiocarbonyl (C=S) groups is 1. The van der Waals surface area contributed by atoms with Crippen molar-refractivity contribution in [2.24, 2.45) is 0 Å². The molecule has 0 radical (unpaired) electrons. The zero-order valence-electron chi connectivity index (χ0n) is 13.8. The number of anilines is 2. The standard InChI is InChI=1S/C18H17BrClN3O2S/c19-12-5-6-14(20)13(11-12)17(24)22-18(26)21-15-3-1-2-4-16(15)23-7-9-25-10-8-23/h1-6,11H,7-10H2,(H2,21,22,24,26). The van der Waals surface area contributed by atoms with Crippen LogP contribution in [0.5, 0.6) is 0 Å². The molecule has 5 nitrogen and oxygen atoms in total. The first-order chi connectivity index (χ1) is 12.5. The molecule has 2 aromatic rings. The molecular weight excluding hydrogens is 438 g/mol. The molecule has 0 saturated carbocycles. The van der Waals surface area contributed by atoms with Crippen LogP contribution in [0.1, 0.15) is 10.4 Å². The first-order valence-corrected chi connectivity index (χ1v) is 9.61. The fourth-order valence-corrected chi connectivity index (χ4v) is 3.42. The number of benzene rings is 2. The Labute approximate surface area is 170 Å². The summed E-state index contributed by atoms with van der Waals surface area (Å²) in [6.45, 7) is 3.00.